The molecule has 0 amide bonds. The average Bonchev–Trinajstić information content (AvgIpc) is 2.33. The molecular weight excluding hydrogens is 242 g/mol. The molecule has 2 aromatic rings. The summed E-state index contributed by atoms with van der Waals surface area (Å²) < 4.78 is 1.74. The lowest BCUT2D eigenvalue weighted by Crippen LogP contribution is -2.18. The Hall–Kier alpha value is -2.36. The van der Waals surface area contributed by atoms with Crippen LogP contribution in [0.5, 0.6) is 0 Å². The molecule has 1 aromatic carbocycles. The molecule has 2 rings (SSSR count). The molecule has 1 heterocycles. The number of aromatic nitrogens is 1. The summed E-state index contributed by atoms with van der Waals surface area (Å²) in [6.45, 7) is 5.76. The minimum atomic E-state index is -1.20. The van der Waals surface area contributed by atoms with Gasteiger partial charge in [-0.2, -0.15) is 0 Å². The lowest BCUT2D eigenvalue weighted by atomic mass is 10.1. The van der Waals surface area contributed by atoms with Crippen LogP contribution in [0.3, 0.4) is 0 Å². The van der Waals surface area contributed by atoms with Gasteiger partial charge in [0.05, 0.1) is 0 Å². The summed E-state index contributed by atoms with van der Waals surface area (Å²) in [5.74, 6) is -1.20. The molecule has 0 aliphatic heterocycles. The highest BCUT2D eigenvalue weighted by molar-refractivity contribution is 5.87. The van der Waals surface area contributed by atoms with E-state index in [4.69, 9.17) is 5.11 Å². The Labute approximate surface area is 110 Å². The Morgan fingerprint density at radius 3 is 2.53 bits per heavy atom. The largest absolute Gasteiger partial charge is 0.477 e. The molecule has 4 heteroatoms. The van der Waals surface area contributed by atoms with Crippen LogP contribution in [0.4, 0.5) is 0 Å². The van der Waals surface area contributed by atoms with Gasteiger partial charge in [0.2, 0.25) is 0 Å². The minimum Gasteiger partial charge on any atom is -0.477 e. The summed E-state index contributed by atoms with van der Waals surface area (Å²) in [6.07, 6.45) is 1.39. The zero-order chi connectivity index (χ0) is 14.2. The number of carboxylic acid groups (broad SMARTS) is 1. The number of hydrogen-bond acceptors (Lipinski definition) is 2. The van der Waals surface area contributed by atoms with E-state index in [0.717, 1.165) is 16.8 Å². The molecule has 0 spiro atoms. The molecule has 19 heavy (non-hydrogen) atoms. The van der Waals surface area contributed by atoms with E-state index in [0.29, 0.717) is 5.69 Å². The Bertz CT molecular complexity index is 714. The SMILES string of the molecule is Cc1cccc(-n2cc(C(=O)O)c(=O)cc2C)c1C. The number of pyridine rings is 1. The van der Waals surface area contributed by atoms with E-state index in [-0.39, 0.29) is 5.56 Å². The van der Waals surface area contributed by atoms with Crippen molar-refractivity contribution in [2.24, 2.45) is 0 Å². The third-order valence-electron chi connectivity index (χ3n) is 3.31. The van der Waals surface area contributed by atoms with Crippen LogP contribution in [0.1, 0.15) is 27.2 Å². The Morgan fingerprint density at radius 2 is 1.89 bits per heavy atom. The molecule has 0 aliphatic carbocycles. The molecule has 0 saturated heterocycles. The van der Waals surface area contributed by atoms with E-state index in [9.17, 15) is 9.59 Å². The van der Waals surface area contributed by atoms with Gasteiger partial charge in [-0.25, -0.2) is 4.79 Å². The van der Waals surface area contributed by atoms with Crippen molar-refractivity contribution >= 4 is 5.97 Å². The summed E-state index contributed by atoms with van der Waals surface area (Å²) in [7, 11) is 0. The summed E-state index contributed by atoms with van der Waals surface area (Å²) >= 11 is 0. The third-order valence-corrected chi connectivity index (χ3v) is 3.31. The van der Waals surface area contributed by atoms with Crippen molar-refractivity contribution in [2.75, 3.05) is 0 Å². The van der Waals surface area contributed by atoms with E-state index < -0.39 is 11.4 Å². The second-order valence-corrected chi connectivity index (χ2v) is 4.59. The second kappa shape index (κ2) is 4.72. The number of carboxylic acids is 1. The monoisotopic (exact) mass is 257 g/mol. The van der Waals surface area contributed by atoms with Crippen LogP contribution in [0.2, 0.25) is 0 Å². The van der Waals surface area contributed by atoms with Crippen molar-refractivity contribution < 1.29 is 9.90 Å². The van der Waals surface area contributed by atoms with E-state index in [2.05, 4.69) is 0 Å². The third kappa shape index (κ3) is 2.29. The van der Waals surface area contributed by atoms with E-state index in [1.165, 1.54) is 12.3 Å². The molecule has 0 atom stereocenters. The maximum absolute atomic E-state index is 11.6. The number of benzene rings is 1. The minimum absolute atomic E-state index is 0.216. The number of aromatic carboxylic acids is 1. The maximum atomic E-state index is 11.6. The Balaban J connectivity index is 2.76. The van der Waals surface area contributed by atoms with Gasteiger partial charge in [-0.1, -0.05) is 12.1 Å². The van der Waals surface area contributed by atoms with Crippen molar-refractivity contribution in [3.05, 3.63) is 63.1 Å². The first-order chi connectivity index (χ1) is 8.91. The lowest BCUT2D eigenvalue weighted by Gasteiger charge is -2.15. The second-order valence-electron chi connectivity index (χ2n) is 4.59. The Kier molecular flexibility index (Phi) is 3.25. The summed E-state index contributed by atoms with van der Waals surface area (Å²) in [4.78, 5) is 22.7. The first kappa shape index (κ1) is 13.1. The van der Waals surface area contributed by atoms with Crippen LogP contribution in [0.25, 0.3) is 5.69 Å². The fourth-order valence-electron chi connectivity index (χ4n) is 2.05. The van der Waals surface area contributed by atoms with Gasteiger partial charge in [0.25, 0.3) is 0 Å². The molecule has 0 unspecified atom stereocenters. The van der Waals surface area contributed by atoms with Gasteiger partial charge in [-0.05, 0) is 38.0 Å². The van der Waals surface area contributed by atoms with Crippen molar-refractivity contribution in [3.63, 3.8) is 0 Å². The highest BCUT2D eigenvalue weighted by atomic mass is 16.4. The topological polar surface area (TPSA) is 59.3 Å². The normalized spacial score (nSPS) is 10.5. The van der Waals surface area contributed by atoms with Gasteiger partial charge in [0.15, 0.2) is 5.43 Å². The van der Waals surface area contributed by atoms with Crippen LogP contribution in [-0.4, -0.2) is 15.6 Å². The zero-order valence-corrected chi connectivity index (χ0v) is 11.1. The quantitative estimate of drug-likeness (QED) is 0.899. The first-order valence-electron chi connectivity index (χ1n) is 5.95. The molecule has 4 nitrogen and oxygen atoms in total. The van der Waals surface area contributed by atoms with Crippen LogP contribution in [-0.2, 0) is 0 Å². The molecule has 0 aliphatic rings. The standard InChI is InChI=1S/C15H15NO3/c1-9-5-4-6-13(11(9)3)16-8-12(15(18)19)14(17)7-10(16)2/h4-8H,1-3H3,(H,18,19). The van der Waals surface area contributed by atoms with Crippen LogP contribution >= 0.6 is 0 Å². The summed E-state index contributed by atoms with van der Waals surface area (Å²) in [6, 6.07) is 7.17. The molecule has 0 radical (unpaired) electrons. The number of nitrogens with zero attached hydrogens (tertiary/aromatic N) is 1. The predicted molar refractivity (Wildman–Crippen MR) is 73.2 cm³/mol. The van der Waals surface area contributed by atoms with Crippen molar-refractivity contribution in [3.8, 4) is 5.69 Å². The number of aryl methyl sites for hydroxylation is 2. The van der Waals surface area contributed by atoms with Gasteiger partial charge in [0.1, 0.15) is 5.56 Å². The number of carbonyl (C=O) groups is 1. The Morgan fingerprint density at radius 1 is 1.21 bits per heavy atom. The highest BCUT2D eigenvalue weighted by Gasteiger charge is 2.12. The molecule has 1 aromatic heterocycles. The molecular formula is C15H15NO3. The fraction of sp³-hybridized carbons (Fsp3) is 0.200. The number of rotatable bonds is 2. The summed E-state index contributed by atoms with van der Waals surface area (Å²) in [5, 5.41) is 9.04. The van der Waals surface area contributed by atoms with Gasteiger partial charge in [-0.3, -0.25) is 4.79 Å². The van der Waals surface area contributed by atoms with E-state index in [1.54, 1.807) is 11.5 Å². The van der Waals surface area contributed by atoms with Crippen molar-refractivity contribution in [1.29, 1.82) is 0 Å². The van der Waals surface area contributed by atoms with Crippen LogP contribution in [0, 0.1) is 20.8 Å². The average molecular weight is 257 g/mol. The molecule has 0 fully saturated rings. The van der Waals surface area contributed by atoms with Gasteiger partial charge in [-0.15, -0.1) is 0 Å². The molecule has 1 N–H and O–H groups in total. The maximum Gasteiger partial charge on any atom is 0.341 e. The van der Waals surface area contributed by atoms with Gasteiger partial charge < -0.3 is 9.67 Å². The van der Waals surface area contributed by atoms with Crippen LogP contribution < -0.4 is 5.43 Å². The fourth-order valence-corrected chi connectivity index (χ4v) is 2.05. The van der Waals surface area contributed by atoms with Crippen LogP contribution in [0.15, 0.2) is 35.3 Å². The lowest BCUT2D eigenvalue weighted by molar-refractivity contribution is 0.0695. The van der Waals surface area contributed by atoms with E-state index >= 15 is 0 Å². The van der Waals surface area contributed by atoms with Crippen molar-refractivity contribution in [2.45, 2.75) is 20.8 Å². The summed E-state index contributed by atoms with van der Waals surface area (Å²) in [5.41, 5.74) is 3.10. The van der Waals surface area contributed by atoms with Gasteiger partial charge in [0, 0.05) is 23.6 Å². The van der Waals surface area contributed by atoms with E-state index in [1.807, 2.05) is 32.0 Å². The molecule has 0 bridgehead atoms. The number of hydrogen-bond donors (Lipinski definition) is 1. The molecule has 0 saturated carbocycles. The first-order valence-corrected chi connectivity index (χ1v) is 5.95. The van der Waals surface area contributed by atoms with Gasteiger partial charge >= 0.3 is 5.97 Å². The zero-order valence-electron chi connectivity index (χ0n) is 11.1. The molecule has 98 valence electrons. The van der Waals surface area contributed by atoms with Crippen molar-refractivity contribution in [1.82, 2.24) is 4.57 Å². The smallest absolute Gasteiger partial charge is 0.341 e. The predicted octanol–water partition coefficient (Wildman–Crippen LogP) is 2.46. The highest BCUT2D eigenvalue weighted by Crippen LogP contribution is 2.19.